The normalized spacial score (nSPS) is 23.6. The highest BCUT2D eigenvalue weighted by molar-refractivity contribution is 5.99. The first-order valence-corrected chi connectivity index (χ1v) is 35.1. The molecule has 3 fully saturated rings. The summed E-state index contributed by atoms with van der Waals surface area (Å²) in [5, 5.41) is 48.8. The van der Waals surface area contributed by atoms with E-state index in [9.17, 15) is 63.0 Å². The fourth-order valence-corrected chi connectivity index (χ4v) is 14.4. The van der Waals surface area contributed by atoms with Crippen molar-refractivity contribution >= 4 is 83.2 Å². The first kappa shape index (κ1) is 81.9. The monoisotopic (exact) mass is 1490 g/mol. The van der Waals surface area contributed by atoms with Crippen molar-refractivity contribution in [2.45, 2.75) is 173 Å². The van der Waals surface area contributed by atoms with Crippen LogP contribution in [0, 0.1) is 22.7 Å². The molecule has 8 amide bonds. The predicted octanol–water partition coefficient (Wildman–Crippen LogP) is 5.35. The number of rotatable bonds is 30. The second-order valence-electron chi connectivity index (χ2n) is 28.3. The highest BCUT2D eigenvalue weighted by Gasteiger charge is 2.78. The standard InChI is InChI=1S/C76H94N8O23/c1-42(2)58(81-55(88)29-20-30-56(89)90)67(94)80-51(28-21-35-78-70(77)97)66(93)79-50-33-31-46(32-34-50)40-101-71(98)83(9)36-37-84(10)72(99)105-61(59(47-22-14-11-15-23-47)82-65(92)48-24-16-12-17-25-48)69(96)104-52-39-76(100)64(106-68(95)49-26-18-13-19-27-49)62-74(8,53(87)38-54-75(62,41-102-54)107-45(5)86)63(91)60(103-44(4)85)57(43(52)3)73(76,6)7/h11-19,22-27,31-34,42,51-54,58-62,64,87,100H,20-21,28-30,35-41H2,1-10H3,(H,79,93)(H,80,94)(H,81,88)(H,82,92)(H,89,90)(H3,77,78,97)/t51-,52-,53-,54+,58-,59-,60+,61+,62-,64-,74+,75-,76+/m0/s1. The number of benzene rings is 4. The highest BCUT2D eigenvalue weighted by atomic mass is 16.6. The zero-order valence-electron chi connectivity index (χ0n) is 61.3. The van der Waals surface area contributed by atoms with E-state index in [0.29, 0.717) is 5.56 Å². The number of ether oxygens (including phenoxy) is 7. The second kappa shape index (κ2) is 35.1. The van der Waals surface area contributed by atoms with E-state index < -0.39 is 179 Å². The molecule has 3 aliphatic carbocycles. The minimum Gasteiger partial charge on any atom is -0.481 e. The minimum atomic E-state index is -2.57. The van der Waals surface area contributed by atoms with Crippen LogP contribution in [-0.2, 0) is 78.1 Å². The van der Waals surface area contributed by atoms with E-state index in [0.717, 1.165) is 23.6 Å². The van der Waals surface area contributed by atoms with Crippen LogP contribution in [0.5, 0.6) is 0 Å². The van der Waals surface area contributed by atoms with E-state index in [1.54, 1.807) is 92.7 Å². The zero-order chi connectivity index (χ0) is 78.5. The van der Waals surface area contributed by atoms with Gasteiger partial charge in [-0.1, -0.05) is 107 Å². The number of nitrogens with one attached hydrogen (secondary N) is 5. The number of hydrogen-bond acceptors (Lipinski definition) is 22. The van der Waals surface area contributed by atoms with Crippen LogP contribution in [-0.4, -0.2) is 203 Å². The molecular weight excluding hydrogens is 1390 g/mol. The lowest BCUT2D eigenvalue weighted by molar-refractivity contribution is -0.346. The molecule has 4 aliphatic rings. The van der Waals surface area contributed by atoms with Gasteiger partial charge in [0.05, 0.1) is 29.6 Å². The third kappa shape index (κ3) is 18.9. The van der Waals surface area contributed by atoms with Gasteiger partial charge < -0.3 is 90.6 Å². The quantitative estimate of drug-likeness (QED) is 0.0137. The summed E-state index contributed by atoms with van der Waals surface area (Å²) in [6, 6.07) is 25.0. The Hall–Kier alpha value is -10.8. The Bertz CT molecular complexity index is 3990. The van der Waals surface area contributed by atoms with Crippen LogP contribution < -0.4 is 32.3 Å². The molecular formula is C76H94N8O23. The number of primary amides is 1. The van der Waals surface area contributed by atoms with Crippen molar-refractivity contribution in [3.05, 3.63) is 149 Å². The van der Waals surface area contributed by atoms with Gasteiger partial charge in [-0.3, -0.25) is 38.4 Å². The number of nitrogens with zero attached hydrogens (tertiary/aromatic N) is 2. The minimum absolute atomic E-state index is 0.00821. The van der Waals surface area contributed by atoms with Gasteiger partial charge in [-0.15, -0.1) is 0 Å². The second-order valence-corrected chi connectivity index (χ2v) is 28.3. The number of carboxylic acid groups (broad SMARTS) is 1. The number of anilines is 1. The number of amides is 8. The number of hydrogen-bond donors (Lipinski definition) is 9. The number of carboxylic acids is 1. The van der Waals surface area contributed by atoms with Gasteiger partial charge in [0, 0.05) is 89.9 Å². The molecule has 13 atom stereocenters. The van der Waals surface area contributed by atoms with Crippen molar-refractivity contribution in [3.8, 4) is 0 Å². The number of ketones is 1. The van der Waals surface area contributed by atoms with Crippen LogP contribution in [0.15, 0.2) is 126 Å². The van der Waals surface area contributed by atoms with E-state index >= 15 is 9.59 Å². The molecule has 576 valence electrons. The molecule has 107 heavy (non-hydrogen) atoms. The Morgan fingerprint density at radius 3 is 1.91 bits per heavy atom. The molecule has 0 unspecified atom stereocenters. The van der Waals surface area contributed by atoms with Crippen LogP contribution in [0.25, 0.3) is 0 Å². The number of nitrogens with two attached hydrogens (primary N) is 1. The molecule has 31 heteroatoms. The van der Waals surface area contributed by atoms with Crippen LogP contribution >= 0.6 is 0 Å². The topological polar surface area (TPSA) is 440 Å². The van der Waals surface area contributed by atoms with E-state index in [4.69, 9.17) is 44.0 Å². The molecule has 2 bridgehead atoms. The van der Waals surface area contributed by atoms with Gasteiger partial charge in [0.1, 0.15) is 48.6 Å². The van der Waals surface area contributed by atoms with E-state index in [1.807, 2.05) is 0 Å². The molecule has 8 rings (SSSR count). The van der Waals surface area contributed by atoms with Crippen molar-refractivity contribution in [2.75, 3.05) is 45.7 Å². The summed E-state index contributed by atoms with van der Waals surface area (Å²) >= 11 is 0. The van der Waals surface area contributed by atoms with Crippen molar-refractivity contribution in [3.63, 3.8) is 0 Å². The summed E-state index contributed by atoms with van der Waals surface area (Å²) in [4.78, 5) is 180. The number of carbonyl (C=O) groups is 13. The van der Waals surface area contributed by atoms with Gasteiger partial charge >= 0.3 is 48.1 Å². The molecule has 31 nitrogen and oxygen atoms in total. The lowest BCUT2D eigenvalue weighted by Gasteiger charge is -2.67. The van der Waals surface area contributed by atoms with Crippen LogP contribution in [0.4, 0.5) is 20.1 Å². The van der Waals surface area contributed by atoms with Crippen LogP contribution in [0.3, 0.4) is 0 Å². The van der Waals surface area contributed by atoms with E-state index in [2.05, 4.69) is 26.6 Å². The van der Waals surface area contributed by atoms with Crippen LogP contribution in [0.1, 0.15) is 138 Å². The smallest absolute Gasteiger partial charge is 0.410 e. The number of fused-ring (bicyclic) bond motifs is 5. The van der Waals surface area contributed by atoms with Gasteiger partial charge in [-0.05, 0) is 97.7 Å². The summed E-state index contributed by atoms with van der Waals surface area (Å²) in [6.45, 7) is 10.3. The molecule has 2 saturated carbocycles. The highest BCUT2D eigenvalue weighted by Crippen LogP contribution is 2.64. The lowest BCUT2D eigenvalue weighted by atomic mass is 9.44. The third-order valence-electron chi connectivity index (χ3n) is 20.3. The number of carbonyl (C=O) groups excluding carboxylic acids is 12. The average molecular weight is 1490 g/mol. The van der Waals surface area contributed by atoms with Gasteiger partial charge in [0.2, 0.25) is 23.8 Å². The summed E-state index contributed by atoms with van der Waals surface area (Å²) in [5.74, 6) is -11.0. The van der Waals surface area contributed by atoms with Gasteiger partial charge in [0.15, 0.2) is 17.5 Å². The van der Waals surface area contributed by atoms with Gasteiger partial charge in [-0.25, -0.2) is 24.0 Å². The fourth-order valence-electron chi connectivity index (χ4n) is 14.4. The maximum absolute atomic E-state index is 16.0. The number of Topliss-reactive ketones (excluding diaryl/α,β-unsaturated/α-hetero) is 1. The van der Waals surface area contributed by atoms with E-state index in [-0.39, 0.29) is 98.3 Å². The number of aliphatic carboxylic acids is 1. The largest absolute Gasteiger partial charge is 0.481 e. The molecule has 0 radical (unpaired) electrons. The number of esters is 4. The molecule has 1 aliphatic heterocycles. The number of likely N-dealkylation sites (N-methyl/N-ethyl adjacent to an activating group) is 2. The summed E-state index contributed by atoms with van der Waals surface area (Å²) < 4.78 is 42.9. The maximum atomic E-state index is 16.0. The molecule has 4 aromatic rings. The first-order valence-electron chi connectivity index (χ1n) is 35.1. The average Bonchev–Trinajstić information content (AvgIpc) is 0.669. The van der Waals surface area contributed by atoms with Crippen molar-refractivity contribution < 1.29 is 111 Å². The lowest BCUT2D eigenvalue weighted by Crippen LogP contribution is -2.82. The van der Waals surface area contributed by atoms with E-state index in [1.165, 1.54) is 78.2 Å². The summed E-state index contributed by atoms with van der Waals surface area (Å²) in [5.41, 5.74) is -2.24. The van der Waals surface area contributed by atoms with Gasteiger partial charge in [-0.2, -0.15) is 0 Å². The number of aliphatic hydroxyl groups excluding tert-OH is 1. The molecule has 0 aromatic heterocycles. The predicted molar refractivity (Wildman–Crippen MR) is 379 cm³/mol. The Labute approximate surface area is 618 Å². The SMILES string of the molecule is CC(=O)O[C@H]1C(=O)[C@@]2(C)[C@H]([C@H](OC(=O)c3ccccc3)[C@]3(O)C[C@H](OC(=O)[C@H](OC(=O)N(C)CCN(C)C(=O)OCc4ccc(NC(=O)[C@H](CCCNC(N)=O)NC(=O)[C@@H](NC(=O)CCCC(=O)O)C(C)C)cc4)[C@@H](NC(=O)c4ccccc4)c4ccccc4)C(C)=C1C3(C)C)[C@]1(OC(C)=O)CO[C@@H]1C[C@@H]2O. The molecule has 10 N–H and O–H groups in total. The third-order valence-corrected chi connectivity index (χ3v) is 20.3. The fraction of sp³-hybridized carbons (Fsp3) is 0.487. The Morgan fingerprint density at radius 2 is 1.34 bits per heavy atom. The van der Waals surface area contributed by atoms with Gasteiger partial charge in [0.25, 0.3) is 5.91 Å². The van der Waals surface area contributed by atoms with Crippen LogP contribution in [0.2, 0.25) is 0 Å². The number of urea groups is 1. The summed E-state index contributed by atoms with van der Waals surface area (Å²) in [7, 11) is 2.69. The molecule has 0 spiro atoms. The Balaban J connectivity index is 1.03. The molecule has 1 heterocycles. The summed E-state index contributed by atoms with van der Waals surface area (Å²) in [6.07, 6.45) is -13.7. The maximum Gasteiger partial charge on any atom is 0.410 e. The Morgan fingerprint density at radius 1 is 0.729 bits per heavy atom. The molecule has 4 aromatic carbocycles. The van der Waals surface area contributed by atoms with Crippen molar-refractivity contribution in [2.24, 2.45) is 28.4 Å². The number of aliphatic hydroxyl groups is 2. The van der Waals surface area contributed by atoms with Crippen molar-refractivity contribution in [1.82, 2.24) is 31.1 Å². The molecule has 1 saturated heterocycles. The first-order chi connectivity index (χ1) is 50.5. The zero-order valence-corrected chi connectivity index (χ0v) is 61.3. The van der Waals surface area contributed by atoms with Crippen molar-refractivity contribution in [1.29, 1.82) is 0 Å². The Kier molecular flexibility index (Phi) is 26.8.